The number of nitrogens with zero attached hydrogens (tertiary/aromatic N) is 3. The van der Waals surface area contributed by atoms with Crippen molar-refractivity contribution in [2.24, 2.45) is 5.92 Å². The number of hydrogen-bond acceptors (Lipinski definition) is 10. The number of carbonyl (C=O) groups excluding carboxylic acids is 3. The van der Waals surface area contributed by atoms with Gasteiger partial charge in [0.25, 0.3) is 5.91 Å². The molecule has 2 aromatic heterocycles. The van der Waals surface area contributed by atoms with Crippen molar-refractivity contribution in [3.63, 3.8) is 0 Å². The first-order valence-corrected chi connectivity index (χ1v) is 18.7. The predicted octanol–water partition coefficient (Wildman–Crippen LogP) is 3.41. The summed E-state index contributed by atoms with van der Waals surface area (Å²) in [5, 5.41) is 7.47. The van der Waals surface area contributed by atoms with E-state index in [1.54, 1.807) is 0 Å². The van der Waals surface area contributed by atoms with Gasteiger partial charge in [-0.2, -0.15) is 0 Å². The van der Waals surface area contributed by atoms with Gasteiger partial charge in [-0.15, -0.1) is 17.9 Å². The molecule has 1 saturated heterocycles. The molecule has 4 heterocycles. The van der Waals surface area contributed by atoms with Crippen molar-refractivity contribution in [2.75, 3.05) is 11.9 Å². The van der Waals surface area contributed by atoms with Crippen LogP contribution in [0.2, 0.25) is 0 Å². The third-order valence-electron chi connectivity index (χ3n) is 9.74. The summed E-state index contributed by atoms with van der Waals surface area (Å²) in [6, 6.07) is 17.4. The zero-order chi connectivity index (χ0) is 33.9. The van der Waals surface area contributed by atoms with Gasteiger partial charge in [0.15, 0.2) is 0 Å². The van der Waals surface area contributed by atoms with Gasteiger partial charge in [-0.1, -0.05) is 42.5 Å². The molecule has 4 aromatic rings. The maximum Gasteiger partial charge on any atom is 0.259 e. The number of aromatic nitrogens is 2. The second-order valence-electron chi connectivity index (χ2n) is 13.1. The van der Waals surface area contributed by atoms with Gasteiger partial charge in [0.05, 0.1) is 27.7 Å². The van der Waals surface area contributed by atoms with Crippen LogP contribution < -0.4 is 20.1 Å². The Morgan fingerprint density at radius 3 is 2.49 bits per heavy atom. The lowest BCUT2D eigenvalue weighted by Crippen LogP contribution is -2.57. The Hall–Kier alpha value is -4.82. The first-order chi connectivity index (χ1) is 23.6. The molecule has 12 nitrogen and oxygen atoms in total. The van der Waals surface area contributed by atoms with Crippen molar-refractivity contribution in [2.45, 2.75) is 61.1 Å². The van der Waals surface area contributed by atoms with Gasteiger partial charge in [0.1, 0.15) is 29.4 Å². The van der Waals surface area contributed by atoms with Crippen molar-refractivity contribution in [3.8, 4) is 16.5 Å². The fourth-order valence-electron chi connectivity index (χ4n) is 6.84. The molecule has 2 aliphatic heterocycles. The lowest BCUT2D eigenvalue weighted by Gasteiger charge is -2.28. The molecule has 8 rings (SSSR count). The van der Waals surface area contributed by atoms with E-state index in [1.807, 2.05) is 66.0 Å². The zero-order valence-electron chi connectivity index (χ0n) is 26.4. The number of thiophene rings is 1. The van der Waals surface area contributed by atoms with Gasteiger partial charge >= 0.3 is 0 Å². The highest BCUT2D eigenvalue weighted by Gasteiger charge is 2.62. The molecule has 3 amide bonds. The van der Waals surface area contributed by atoms with Crippen LogP contribution in [-0.2, 0) is 30.8 Å². The van der Waals surface area contributed by atoms with Crippen LogP contribution in [0.4, 0.5) is 5.69 Å². The van der Waals surface area contributed by atoms with Crippen LogP contribution >= 0.6 is 11.3 Å². The Morgan fingerprint density at radius 1 is 1.04 bits per heavy atom. The molecular weight excluding hydrogens is 665 g/mol. The molecule has 2 aromatic carbocycles. The van der Waals surface area contributed by atoms with Gasteiger partial charge in [-0.3, -0.25) is 19.1 Å². The second-order valence-corrected chi connectivity index (χ2v) is 16.0. The number of para-hydroxylation sites is 3. The summed E-state index contributed by atoms with van der Waals surface area (Å²) < 4.78 is 34.0. The molecular formula is C35H34N6O6S2. The molecule has 2 saturated carbocycles. The number of anilines is 1. The number of benzene rings is 2. The number of nitrogens with one attached hydrogen (secondary N) is 3. The van der Waals surface area contributed by atoms with E-state index in [2.05, 4.69) is 21.9 Å². The standard InChI is InChI=1S/C35H34N6O6S2/c1-2-21-18-35(21,34(44)40-49(45,46)23-13-14-23)39-31(42)28-17-22(19-41(28)33(43)27-16-20-8-3-4-9-24(20)36-27)47-32-30(29-12-7-15-48-29)37-25-10-5-6-11-26(25)38-32/h2-12,15,21-23,27-28,36H,1,13-14,16-19H2,(H,39,42)(H,40,44)/t21-,22-,27+,28+,35-/m1/s1. The number of rotatable bonds is 10. The van der Waals surface area contributed by atoms with Crippen LogP contribution in [0.1, 0.15) is 31.2 Å². The third-order valence-corrected chi connectivity index (χ3v) is 12.4. The maximum atomic E-state index is 14.2. The van der Waals surface area contributed by atoms with Gasteiger partial charge < -0.3 is 20.3 Å². The number of hydrogen-bond donors (Lipinski definition) is 3. The Bertz CT molecular complexity index is 2080. The third kappa shape index (κ3) is 5.82. The van der Waals surface area contributed by atoms with E-state index in [0.29, 0.717) is 41.9 Å². The highest BCUT2D eigenvalue weighted by atomic mass is 32.2. The Kier molecular flexibility index (Phi) is 7.67. The highest BCUT2D eigenvalue weighted by Crippen LogP contribution is 2.45. The SMILES string of the molecule is C=C[C@@H]1C[C@]1(NC(=O)[C@@H]1C[C@@H](Oc2nc3ccccc3nc2-c2cccs2)CN1C(=O)[C@@H]1Cc2ccccc2N1)C(=O)NS(=O)(=O)C1CC1. The van der Waals surface area contributed by atoms with Crippen LogP contribution in [-0.4, -0.2) is 76.5 Å². The van der Waals surface area contributed by atoms with Crippen molar-refractivity contribution in [3.05, 3.63) is 84.3 Å². The minimum Gasteiger partial charge on any atom is -0.471 e. The number of fused-ring (bicyclic) bond motifs is 2. The summed E-state index contributed by atoms with van der Waals surface area (Å²) in [6.45, 7) is 3.88. The fraction of sp³-hybridized carbons (Fsp3) is 0.343. The Balaban J connectivity index is 1.08. The summed E-state index contributed by atoms with van der Waals surface area (Å²) in [4.78, 5) is 53.8. The fourth-order valence-corrected chi connectivity index (χ4v) is 8.91. The van der Waals surface area contributed by atoms with Crippen molar-refractivity contribution < 1.29 is 27.5 Å². The van der Waals surface area contributed by atoms with E-state index < -0.39 is 56.7 Å². The predicted molar refractivity (Wildman–Crippen MR) is 184 cm³/mol. The van der Waals surface area contributed by atoms with Crippen LogP contribution in [0, 0.1) is 5.92 Å². The first-order valence-electron chi connectivity index (χ1n) is 16.3. The zero-order valence-corrected chi connectivity index (χ0v) is 28.0. The van der Waals surface area contributed by atoms with Gasteiger partial charge in [0.2, 0.25) is 27.7 Å². The average Bonchev–Trinajstić information content (AvgIpc) is 3.88. The Labute approximate surface area is 287 Å². The van der Waals surface area contributed by atoms with E-state index >= 15 is 0 Å². The molecule has 0 spiro atoms. The smallest absolute Gasteiger partial charge is 0.259 e. The van der Waals surface area contributed by atoms with Crippen molar-refractivity contribution in [1.82, 2.24) is 24.9 Å². The lowest BCUT2D eigenvalue weighted by atomic mass is 10.1. The first kappa shape index (κ1) is 31.4. The van der Waals surface area contributed by atoms with E-state index in [9.17, 15) is 22.8 Å². The van der Waals surface area contributed by atoms with Crippen LogP contribution in [0.15, 0.2) is 78.7 Å². The number of likely N-dealkylation sites (tertiary alicyclic amines) is 1. The summed E-state index contributed by atoms with van der Waals surface area (Å²) in [5.41, 5.74) is 2.29. The quantitative estimate of drug-likeness (QED) is 0.211. The van der Waals surface area contributed by atoms with Crippen molar-refractivity contribution in [1.29, 1.82) is 0 Å². The van der Waals surface area contributed by atoms with Gasteiger partial charge in [-0.25, -0.2) is 18.4 Å². The number of amides is 3. The molecule has 4 aliphatic rings. The van der Waals surface area contributed by atoms with Gasteiger partial charge in [-0.05, 0) is 54.5 Å². The molecule has 0 radical (unpaired) electrons. The number of ether oxygens (including phenoxy) is 1. The summed E-state index contributed by atoms with van der Waals surface area (Å²) in [7, 11) is -3.85. The van der Waals surface area contributed by atoms with Gasteiger partial charge in [0, 0.05) is 24.4 Å². The molecule has 49 heavy (non-hydrogen) atoms. The molecule has 0 bridgehead atoms. The molecule has 3 N–H and O–H groups in total. The van der Waals surface area contributed by atoms with E-state index in [1.165, 1.54) is 22.3 Å². The lowest BCUT2D eigenvalue weighted by molar-refractivity contribution is -0.140. The largest absolute Gasteiger partial charge is 0.471 e. The normalized spacial score (nSPS) is 25.7. The minimum absolute atomic E-state index is 0.0873. The molecule has 252 valence electrons. The summed E-state index contributed by atoms with van der Waals surface area (Å²) in [5.74, 6) is -1.81. The minimum atomic E-state index is -3.85. The van der Waals surface area contributed by atoms with E-state index in [0.717, 1.165) is 16.1 Å². The number of carbonyl (C=O) groups is 3. The maximum absolute atomic E-state index is 14.2. The second kappa shape index (κ2) is 11.9. The highest BCUT2D eigenvalue weighted by molar-refractivity contribution is 7.91. The molecule has 0 unspecified atom stereocenters. The summed E-state index contributed by atoms with van der Waals surface area (Å²) >= 11 is 1.50. The molecule has 2 aliphatic carbocycles. The molecule has 3 fully saturated rings. The van der Waals surface area contributed by atoms with Crippen molar-refractivity contribution >= 4 is 55.8 Å². The molecule has 5 atom stereocenters. The molecule has 14 heteroatoms. The topological polar surface area (TPSA) is 160 Å². The Morgan fingerprint density at radius 2 is 1.80 bits per heavy atom. The average molecular weight is 699 g/mol. The van der Waals surface area contributed by atoms with E-state index in [4.69, 9.17) is 14.7 Å². The summed E-state index contributed by atoms with van der Waals surface area (Å²) in [6.07, 6.45) is 2.65. The number of sulfonamides is 1. The van der Waals surface area contributed by atoms with Crippen LogP contribution in [0.25, 0.3) is 21.6 Å². The monoisotopic (exact) mass is 698 g/mol. The van der Waals surface area contributed by atoms with Crippen LogP contribution in [0.5, 0.6) is 5.88 Å². The van der Waals surface area contributed by atoms with Crippen LogP contribution in [0.3, 0.4) is 0 Å². The van der Waals surface area contributed by atoms with E-state index in [-0.39, 0.29) is 25.3 Å².